The molecule has 0 saturated heterocycles. The summed E-state index contributed by atoms with van der Waals surface area (Å²) in [6.07, 6.45) is 2.02. The molecule has 1 rings (SSSR count). The number of hydrogen-bond acceptors (Lipinski definition) is 5. The lowest BCUT2D eigenvalue weighted by Gasteiger charge is -2.07. The standard InChI is InChI=1S/C11H18N4OS/c1-8-7-9(10(12)17)15-11(14-8)13-5-3-4-6-16-2/h7H,3-6H2,1-2H3,(H2,12,17)(H,13,14,15). The Balaban J connectivity index is 2.50. The molecule has 17 heavy (non-hydrogen) atoms. The van der Waals surface area contributed by atoms with Gasteiger partial charge in [0.1, 0.15) is 10.7 Å². The number of nitrogens with two attached hydrogens (primary N) is 1. The fourth-order valence-electron chi connectivity index (χ4n) is 1.35. The van der Waals surface area contributed by atoms with Crippen LogP contribution in [0.2, 0.25) is 0 Å². The fraction of sp³-hybridized carbons (Fsp3) is 0.545. The van der Waals surface area contributed by atoms with Crippen molar-refractivity contribution in [2.24, 2.45) is 5.73 Å². The van der Waals surface area contributed by atoms with Gasteiger partial charge in [-0.2, -0.15) is 0 Å². The summed E-state index contributed by atoms with van der Waals surface area (Å²) in [6, 6.07) is 1.78. The van der Waals surface area contributed by atoms with Gasteiger partial charge in [0.25, 0.3) is 0 Å². The van der Waals surface area contributed by atoms with E-state index in [1.807, 2.05) is 6.92 Å². The number of ether oxygens (including phenoxy) is 1. The first kappa shape index (κ1) is 13.8. The molecule has 94 valence electrons. The minimum Gasteiger partial charge on any atom is -0.388 e. The Morgan fingerprint density at radius 2 is 2.24 bits per heavy atom. The Morgan fingerprint density at radius 1 is 1.47 bits per heavy atom. The zero-order chi connectivity index (χ0) is 12.7. The SMILES string of the molecule is COCCCCNc1nc(C)cc(C(N)=S)n1. The first-order valence-electron chi connectivity index (χ1n) is 5.52. The van der Waals surface area contributed by atoms with E-state index in [1.165, 1.54) is 0 Å². The van der Waals surface area contributed by atoms with Crippen molar-refractivity contribution in [1.29, 1.82) is 0 Å². The Hall–Kier alpha value is -1.27. The lowest BCUT2D eigenvalue weighted by atomic mass is 10.3. The predicted molar refractivity (Wildman–Crippen MR) is 72.3 cm³/mol. The average molecular weight is 254 g/mol. The van der Waals surface area contributed by atoms with E-state index >= 15 is 0 Å². The first-order valence-corrected chi connectivity index (χ1v) is 5.92. The summed E-state index contributed by atoms with van der Waals surface area (Å²) in [4.78, 5) is 8.79. The average Bonchev–Trinajstić information content (AvgIpc) is 2.28. The molecule has 0 radical (unpaired) electrons. The van der Waals surface area contributed by atoms with Crippen LogP contribution in [0.4, 0.5) is 5.95 Å². The topological polar surface area (TPSA) is 73.1 Å². The molecule has 0 amide bonds. The van der Waals surface area contributed by atoms with Crippen molar-refractivity contribution >= 4 is 23.2 Å². The number of nitrogens with one attached hydrogen (secondary N) is 1. The van der Waals surface area contributed by atoms with Crippen LogP contribution in [0.5, 0.6) is 0 Å². The third kappa shape index (κ3) is 5.06. The van der Waals surface area contributed by atoms with E-state index in [9.17, 15) is 0 Å². The van der Waals surface area contributed by atoms with Crippen molar-refractivity contribution in [3.63, 3.8) is 0 Å². The van der Waals surface area contributed by atoms with Crippen LogP contribution in [-0.2, 0) is 4.74 Å². The van der Waals surface area contributed by atoms with Gasteiger partial charge in [-0.25, -0.2) is 9.97 Å². The largest absolute Gasteiger partial charge is 0.388 e. The molecule has 0 aromatic carbocycles. The highest BCUT2D eigenvalue weighted by atomic mass is 32.1. The van der Waals surface area contributed by atoms with Gasteiger partial charge in [-0.05, 0) is 25.8 Å². The zero-order valence-corrected chi connectivity index (χ0v) is 11.0. The second-order valence-corrected chi connectivity index (χ2v) is 4.15. The zero-order valence-electron chi connectivity index (χ0n) is 10.2. The second kappa shape index (κ2) is 7.13. The number of hydrogen-bond donors (Lipinski definition) is 2. The van der Waals surface area contributed by atoms with Gasteiger partial charge in [-0.1, -0.05) is 12.2 Å². The molecule has 0 bridgehead atoms. The number of anilines is 1. The number of aryl methyl sites for hydroxylation is 1. The highest BCUT2D eigenvalue weighted by Gasteiger charge is 2.03. The Labute approximate surface area is 107 Å². The van der Waals surface area contributed by atoms with Crippen molar-refractivity contribution in [2.75, 3.05) is 25.6 Å². The van der Waals surface area contributed by atoms with Crippen LogP contribution in [0.25, 0.3) is 0 Å². The Kier molecular flexibility index (Phi) is 5.79. The molecule has 5 nitrogen and oxygen atoms in total. The van der Waals surface area contributed by atoms with E-state index in [0.717, 1.165) is 31.7 Å². The Bertz CT molecular complexity index is 384. The minimum atomic E-state index is 0.290. The third-order valence-electron chi connectivity index (χ3n) is 2.17. The molecule has 1 heterocycles. The van der Waals surface area contributed by atoms with Crippen LogP contribution in [-0.4, -0.2) is 35.2 Å². The van der Waals surface area contributed by atoms with Gasteiger partial charge in [0.2, 0.25) is 5.95 Å². The molecule has 0 aliphatic rings. The number of thiocarbonyl (C=S) groups is 1. The summed E-state index contributed by atoms with van der Waals surface area (Å²) in [6.45, 7) is 3.47. The van der Waals surface area contributed by atoms with Crippen molar-refractivity contribution in [2.45, 2.75) is 19.8 Å². The molecule has 1 aromatic rings. The van der Waals surface area contributed by atoms with E-state index in [-0.39, 0.29) is 4.99 Å². The molecular weight excluding hydrogens is 236 g/mol. The highest BCUT2D eigenvalue weighted by Crippen LogP contribution is 2.05. The number of methoxy groups -OCH3 is 1. The van der Waals surface area contributed by atoms with E-state index in [2.05, 4.69) is 15.3 Å². The molecule has 0 fully saturated rings. The van der Waals surface area contributed by atoms with Crippen LogP contribution in [0.1, 0.15) is 24.2 Å². The number of rotatable bonds is 7. The lowest BCUT2D eigenvalue weighted by Crippen LogP contribution is -2.15. The van der Waals surface area contributed by atoms with Crippen LogP contribution < -0.4 is 11.1 Å². The van der Waals surface area contributed by atoms with E-state index in [0.29, 0.717) is 11.6 Å². The number of nitrogens with zero attached hydrogens (tertiary/aromatic N) is 2. The van der Waals surface area contributed by atoms with Crippen LogP contribution in [0.15, 0.2) is 6.07 Å². The van der Waals surface area contributed by atoms with Gasteiger partial charge in [0.15, 0.2) is 0 Å². The maximum absolute atomic E-state index is 5.54. The molecular formula is C11H18N4OS. The van der Waals surface area contributed by atoms with Crippen molar-refractivity contribution in [3.05, 3.63) is 17.5 Å². The summed E-state index contributed by atoms with van der Waals surface area (Å²) in [7, 11) is 1.70. The molecule has 0 spiro atoms. The van der Waals surface area contributed by atoms with Crippen molar-refractivity contribution < 1.29 is 4.74 Å². The summed E-state index contributed by atoms with van der Waals surface area (Å²) in [5, 5.41) is 3.15. The molecule has 0 aliphatic heterocycles. The van der Waals surface area contributed by atoms with Crippen molar-refractivity contribution in [1.82, 2.24) is 9.97 Å². The second-order valence-electron chi connectivity index (χ2n) is 3.71. The monoisotopic (exact) mass is 254 g/mol. The van der Waals surface area contributed by atoms with Gasteiger partial charge < -0.3 is 15.8 Å². The molecule has 0 atom stereocenters. The summed E-state index contributed by atoms with van der Waals surface area (Å²) < 4.78 is 4.97. The maximum Gasteiger partial charge on any atom is 0.223 e. The third-order valence-corrected chi connectivity index (χ3v) is 2.37. The minimum absolute atomic E-state index is 0.290. The van der Waals surface area contributed by atoms with E-state index in [4.69, 9.17) is 22.7 Å². The molecule has 6 heteroatoms. The van der Waals surface area contributed by atoms with Crippen LogP contribution in [0.3, 0.4) is 0 Å². The van der Waals surface area contributed by atoms with Gasteiger partial charge in [-0.3, -0.25) is 0 Å². The first-order chi connectivity index (χ1) is 8.13. The van der Waals surface area contributed by atoms with E-state index in [1.54, 1.807) is 13.2 Å². The van der Waals surface area contributed by atoms with Gasteiger partial charge in [-0.15, -0.1) is 0 Å². The number of unbranched alkanes of at least 4 members (excludes halogenated alkanes) is 1. The summed E-state index contributed by atoms with van der Waals surface area (Å²) in [5.74, 6) is 0.574. The van der Waals surface area contributed by atoms with Crippen molar-refractivity contribution in [3.8, 4) is 0 Å². The van der Waals surface area contributed by atoms with Gasteiger partial charge in [0, 0.05) is 26.0 Å². The van der Waals surface area contributed by atoms with E-state index < -0.39 is 0 Å². The summed E-state index contributed by atoms with van der Waals surface area (Å²) in [5.41, 5.74) is 7.00. The predicted octanol–water partition coefficient (Wildman–Crippen LogP) is 1.26. The summed E-state index contributed by atoms with van der Waals surface area (Å²) >= 11 is 4.89. The lowest BCUT2D eigenvalue weighted by molar-refractivity contribution is 0.193. The molecule has 3 N–H and O–H groups in total. The van der Waals surface area contributed by atoms with Gasteiger partial charge >= 0.3 is 0 Å². The maximum atomic E-state index is 5.54. The smallest absolute Gasteiger partial charge is 0.223 e. The highest BCUT2D eigenvalue weighted by molar-refractivity contribution is 7.80. The fourth-order valence-corrected chi connectivity index (χ4v) is 1.45. The molecule has 1 aromatic heterocycles. The quantitative estimate of drug-likeness (QED) is 0.564. The van der Waals surface area contributed by atoms with Crippen LogP contribution in [0, 0.1) is 6.92 Å². The molecule has 0 aliphatic carbocycles. The van der Waals surface area contributed by atoms with Crippen LogP contribution >= 0.6 is 12.2 Å². The molecule has 0 saturated carbocycles. The van der Waals surface area contributed by atoms with Gasteiger partial charge in [0.05, 0.1) is 0 Å². The normalized spacial score (nSPS) is 10.2. The molecule has 0 unspecified atom stereocenters. The number of aromatic nitrogens is 2. The Morgan fingerprint density at radius 3 is 2.88 bits per heavy atom.